The molecule has 0 spiro atoms. The molecule has 0 aliphatic heterocycles. The third-order valence-electron chi connectivity index (χ3n) is 2.46. The molecule has 2 aromatic heterocycles. The highest BCUT2D eigenvalue weighted by atomic mass is 79.9. The average Bonchev–Trinajstić information content (AvgIpc) is 2.27. The second-order valence-electron chi connectivity index (χ2n) is 3.82. The van der Waals surface area contributed by atoms with E-state index >= 15 is 0 Å². The van der Waals surface area contributed by atoms with E-state index in [0.29, 0.717) is 5.69 Å². The molecular weight excluding hydrogens is 318 g/mol. The van der Waals surface area contributed by atoms with Gasteiger partial charge in [0, 0.05) is 11.8 Å². The van der Waals surface area contributed by atoms with Crippen LogP contribution in [-0.2, 0) is 4.74 Å². The van der Waals surface area contributed by atoms with Crippen LogP contribution in [0.3, 0.4) is 0 Å². The van der Waals surface area contributed by atoms with E-state index < -0.39 is 17.2 Å². The third-order valence-corrected chi connectivity index (χ3v) is 3.25. The summed E-state index contributed by atoms with van der Waals surface area (Å²) >= 11 is 3.10. The third kappa shape index (κ3) is 2.33. The molecule has 0 saturated heterocycles. The Hall–Kier alpha value is -1.89. The Morgan fingerprint density at radius 1 is 1.47 bits per heavy atom. The maximum absolute atomic E-state index is 11.9. The Kier molecular flexibility index (Phi) is 3.57. The monoisotopic (exact) mass is 327 g/mol. The number of nitrogens with one attached hydrogen (secondary N) is 1. The summed E-state index contributed by atoms with van der Waals surface area (Å²) < 4.78 is 9.84. The summed E-state index contributed by atoms with van der Waals surface area (Å²) in [5.74, 6) is -0.829. The van der Waals surface area contributed by atoms with Gasteiger partial charge >= 0.3 is 11.6 Å². The molecule has 0 atom stereocenters. The van der Waals surface area contributed by atoms with Crippen LogP contribution in [0.4, 0.5) is 0 Å². The number of carbonyl (C=O) groups is 1. The van der Waals surface area contributed by atoms with E-state index in [1.165, 1.54) is 6.07 Å². The Bertz CT molecular complexity index is 774. The lowest BCUT2D eigenvalue weighted by Gasteiger charge is -2.05. The predicted molar refractivity (Wildman–Crippen MR) is 71.5 cm³/mol. The van der Waals surface area contributed by atoms with Crippen molar-refractivity contribution in [2.24, 2.45) is 0 Å². The van der Waals surface area contributed by atoms with Crippen molar-refractivity contribution in [3.05, 3.63) is 42.6 Å². The zero-order chi connectivity index (χ0) is 14.2. The molecule has 7 heteroatoms. The van der Waals surface area contributed by atoms with Crippen LogP contribution in [0.25, 0.3) is 11.0 Å². The minimum absolute atomic E-state index is 0.0819. The van der Waals surface area contributed by atoms with Gasteiger partial charge in [-0.25, -0.2) is 9.59 Å². The molecule has 2 rings (SSSR count). The van der Waals surface area contributed by atoms with E-state index in [1.807, 2.05) is 0 Å². The molecular formula is C12H10BrNO5. The van der Waals surface area contributed by atoms with Gasteiger partial charge in [0.1, 0.15) is 5.58 Å². The van der Waals surface area contributed by atoms with Crippen molar-refractivity contribution >= 4 is 32.9 Å². The molecule has 0 aliphatic rings. The van der Waals surface area contributed by atoms with Crippen LogP contribution in [-0.4, -0.2) is 17.6 Å². The van der Waals surface area contributed by atoms with Crippen molar-refractivity contribution in [2.45, 2.75) is 13.8 Å². The number of rotatable bonds is 2. The zero-order valence-electron chi connectivity index (χ0n) is 10.2. The number of pyridine rings is 1. The Labute approximate surface area is 115 Å². The van der Waals surface area contributed by atoms with Gasteiger partial charge < -0.3 is 14.1 Å². The number of hydrogen-bond donors (Lipinski definition) is 1. The van der Waals surface area contributed by atoms with Gasteiger partial charge in [0.05, 0.1) is 16.5 Å². The fraction of sp³-hybridized carbons (Fsp3) is 0.250. The molecule has 0 unspecified atom stereocenters. The second-order valence-corrected chi connectivity index (χ2v) is 4.61. The summed E-state index contributed by atoms with van der Waals surface area (Å²) in [5.41, 5.74) is -0.940. The summed E-state index contributed by atoms with van der Waals surface area (Å²) in [5, 5.41) is 0.105. The highest BCUT2D eigenvalue weighted by molar-refractivity contribution is 9.10. The number of aromatic amines is 1. The fourth-order valence-electron chi connectivity index (χ4n) is 1.69. The molecule has 2 heterocycles. The lowest BCUT2D eigenvalue weighted by Crippen LogP contribution is -2.20. The van der Waals surface area contributed by atoms with Crippen molar-refractivity contribution in [2.75, 3.05) is 6.61 Å². The molecule has 19 heavy (non-hydrogen) atoms. The molecule has 100 valence electrons. The minimum Gasteiger partial charge on any atom is -0.462 e. The van der Waals surface area contributed by atoms with Crippen molar-refractivity contribution in [1.29, 1.82) is 0 Å². The summed E-state index contributed by atoms with van der Waals surface area (Å²) in [6, 6.07) is 1.51. The van der Waals surface area contributed by atoms with Crippen molar-refractivity contribution in [3.63, 3.8) is 0 Å². The van der Waals surface area contributed by atoms with Gasteiger partial charge in [-0.2, -0.15) is 0 Å². The second kappa shape index (κ2) is 5.00. The van der Waals surface area contributed by atoms with E-state index in [-0.39, 0.29) is 27.6 Å². The van der Waals surface area contributed by atoms with Crippen LogP contribution in [0.5, 0.6) is 0 Å². The first-order valence-electron chi connectivity index (χ1n) is 5.49. The van der Waals surface area contributed by atoms with Crippen molar-refractivity contribution in [1.82, 2.24) is 4.98 Å². The Morgan fingerprint density at radius 3 is 2.79 bits per heavy atom. The number of halogens is 1. The molecule has 0 bridgehead atoms. The van der Waals surface area contributed by atoms with Crippen molar-refractivity contribution < 1.29 is 13.9 Å². The van der Waals surface area contributed by atoms with Gasteiger partial charge in [-0.15, -0.1) is 0 Å². The van der Waals surface area contributed by atoms with E-state index in [9.17, 15) is 14.4 Å². The molecule has 1 N–H and O–H groups in total. The van der Waals surface area contributed by atoms with Gasteiger partial charge in [0.2, 0.25) is 0 Å². The van der Waals surface area contributed by atoms with Crippen LogP contribution in [0.1, 0.15) is 23.0 Å². The average molecular weight is 328 g/mol. The fourth-order valence-corrected chi connectivity index (χ4v) is 2.39. The Balaban J connectivity index is 2.86. The van der Waals surface area contributed by atoms with E-state index in [0.717, 1.165) is 0 Å². The van der Waals surface area contributed by atoms with Crippen molar-refractivity contribution in [3.8, 4) is 0 Å². The molecule has 0 aliphatic carbocycles. The number of ether oxygens (including phenoxy) is 1. The largest absolute Gasteiger partial charge is 0.462 e. The normalized spacial score (nSPS) is 10.7. The molecule has 6 nitrogen and oxygen atoms in total. The number of esters is 1. The van der Waals surface area contributed by atoms with E-state index in [4.69, 9.17) is 9.15 Å². The van der Waals surface area contributed by atoms with Gasteiger partial charge in [-0.1, -0.05) is 0 Å². The quantitative estimate of drug-likeness (QED) is 0.848. The lowest BCUT2D eigenvalue weighted by atomic mass is 10.2. The molecule has 0 fully saturated rings. The molecule has 0 saturated carbocycles. The lowest BCUT2D eigenvalue weighted by molar-refractivity contribution is 0.0520. The minimum atomic E-state index is -0.845. The number of carbonyl (C=O) groups excluding carboxylic acids is 1. The maximum atomic E-state index is 11.9. The van der Waals surface area contributed by atoms with Crippen LogP contribution in [0, 0.1) is 6.92 Å². The number of hydrogen-bond acceptors (Lipinski definition) is 5. The number of aromatic nitrogens is 1. The van der Waals surface area contributed by atoms with E-state index in [2.05, 4.69) is 20.9 Å². The first-order chi connectivity index (χ1) is 8.95. The molecule has 0 aromatic carbocycles. The summed E-state index contributed by atoms with van der Waals surface area (Å²) in [6.07, 6.45) is 0. The number of aryl methyl sites for hydroxylation is 1. The number of fused-ring (bicyclic) bond motifs is 1. The molecule has 0 amide bonds. The van der Waals surface area contributed by atoms with Crippen LogP contribution in [0.15, 0.2) is 24.5 Å². The molecule has 2 aromatic rings. The predicted octanol–water partition coefficient (Wildman–Crippen LogP) is 1.73. The van der Waals surface area contributed by atoms with Crippen LogP contribution < -0.4 is 11.2 Å². The van der Waals surface area contributed by atoms with E-state index in [1.54, 1.807) is 13.8 Å². The first kappa shape index (κ1) is 13.5. The maximum Gasteiger partial charge on any atom is 0.352 e. The van der Waals surface area contributed by atoms with Gasteiger partial charge in [-0.3, -0.25) is 4.79 Å². The van der Waals surface area contributed by atoms with Crippen LogP contribution in [0.2, 0.25) is 0 Å². The van der Waals surface area contributed by atoms with Crippen LogP contribution >= 0.6 is 15.9 Å². The molecule has 0 radical (unpaired) electrons. The highest BCUT2D eigenvalue weighted by Gasteiger charge is 2.22. The topological polar surface area (TPSA) is 89.4 Å². The summed E-state index contributed by atoms with van der Waals surface area (Å²) in [7, 11) is 0. The summed E-state index contributed by atoms with van der Waals surface area (Å²) in [6.45, 7) is 3.39. The standard InChI is InChI=1S/C12H10BrNO5/c1-3-18-11(16)8-9(13)7-6(19-12(8)17)4-5(2)14-10(7)15/h4H,3H2,1-2H3,(H,14,15). The van der Waals surface area contributed by atoms with Gasteiger partial charge in [-0.05, 0) is 29.8 Å². The SMILES string of the molecule is CCOC(=O)c1c(Br)c2c(=O)[nH]c(C)cc2oc1=O. The first-order valence-corrected chi connectivity index (χ1v) is 6.28. The number of H-pyrrole nitrogens is 1. The smallest absolute Gasteiger partial charge is 0.352 e. The highest BCUT2D eigenvalue weighted by Crippen LogP contribution is 2.23. The Morgan fingerprint density at radius 2 is 2.16 bits per heavy atom. The van der Waals surface area contributed by atoms with Gasteiger partial charge in [0.25, 0.3) is 5.56 Å². The summed E-state index contributed by atoms with van der Waals surface area (Å²) in [4.78, 5) is 37.9. The van der Waals surface area contributed by atoms with Gasteiger partial charge in [0.15, 0.2) is 5.56 Å². The zero-order valence-corrected chi connectivity index (χ0v) is 11.8.